The lowest BCUT2D eigenvalue weighted by atomic mass is 9.99. The molecular weight excluding hydrogens is 427 g/mol. The van der Waals surface area contributed by atoms with Crippen molar-refractivity contribution in [3.8, 4) is 0 Å². The normalized spacial score (nSPS) is 12.2. The molecule has 0 spiro atoms. The standard InChI is InChI=1S/C22H20F3N3O4/c1-13-7-6-8-16(20(28-31-5)21(29)30-4)17(13)12-32-27-14(2)15-9-10-19(26-3)18(11-15)22(23,24)25/h6-11H,12H2,1-2,4-5H3/b27-14+,28-20+. The minimum Gasteiger partial charge on any atom is -0.464 e. The second kappa shape index (κ2) is 10.4. The molecule has 2 aromatic carbocycles. The summed E-state index contributed by atoms with van der Waals surface area (Å²) in [4.78, 5) is 25.1. The number of carbonyl (C=O) groups excluding carboxylic acids is 1. The van der Waals surface area contributed by atoms with Crippen molar-refractivity contribution in [3.05, 3.63) is 75.6 Å². The zero-order valence-electron chi connectivity index (χ0n) is 17.8. The van der Waals surface area contributed by atoms with Gasteiger partial charge in [-0.05, 0) is 25.0 Å². The van der Waals surface area contributed by atoms with Gasteiger partial charge in [-0.25, -0.2) is 9.64 Å². The van der Waals surface area contributed by atoms with E-state index in [1.54, 1.807) is 25.1 Å². The van der Waals surface area contributed by atoms with Crippen LogP contribution in [0.2, 0.25) is 0 Å². The fourth-order valence-corrected chi connectivity index (χ4v) is 2.83. The topological polar surface area (TPSA) is 73.8 Å². The highest BCUT2D eigenvalue weighted by atomic mass is 19.4. The van der Waals surface area contributed by atoms with Crippen LogP contribution in [0.3, 0.4) is 0 Å². The van der Waals surface area contributed by atoms with E-state index in [4.69, 9.17) is 21.0 Å². The van der Waals surface area contributed by atoms with Gasteiger partial charge in [-0.15, -0.1) is 0 Å². The van der Waals surface area contributed by atoms with Crippen molar-refractivity contribution in [3.63, 3.8) is 0 Å². The molecule has 0 saturated carbocycles. The number of hydrogen-bond donors (Lipinski definition) is 0. The highest BCUT2D eigenvalue weighted by molar-refractivity contribution is 6.43. The summed E-state index contributed by atoms with van der Waals surface area (Å²) in [6, 6.07) is 8.46. The first kappa shape index (κ1) is 24.4. The van der Waals surface area contributed by atoms with Crippen LogP contribution in [0.15, 0.2) is 46.7 Å². The summed E-state index contributed by atoms with van der Waals surface area (Å²) in [7, 11) is 2.50. The van der Waals surface area contributed by atoms with E-state index in [2.05, 4.69) is 15.2 Å². The number of rotatable bonds is 7. The van der Waals surface area contributed by atoms with Gasteiger partial charge < -0.3 is 14.4 Å². The first-order valence-electron chi connectivity index (χ1n) is 9.18. The monoisotopic (exact) mass is 447 g/mol. The van der Waals surface area contributed by atoms with E-state index in [1.807, 2.05) is 0 Å². The SMILES string of the molecule is [C-]#[N+]c1ccc(/C(C)=N/OCc2c(C)cccc2/C(=N\OC)C(=O)OC)cc1C(F)(F)F. The molecule has 0 N–H and O–H groups in total. The number of ether oxygens (including phenoxy) is 1. The number of carbonyl (C=O) groups is 1. The summed E-state index contributed by atoms with van der Waals surface area (Å²) >= 11 is 0. The number of benzene rings is 2. The Hall–Kier alpha value is -3.87. The van der Waals surface area contributed by atoms with Gasteiger partial charge in [0.15, 0.2) is 11.4 Å². The molecule has 10 heteroatoms. The van der Waals surface area contributed by atoms with Gasteiger partial charge in [0.1, 0.15) is 13.7 Å². The Bertz CT molecular complexity index is 1100. The number of esters is 1. The number of nitrogens with zero attached hydrogens (tertiary/aromatic N) is 3. The first-order chi connectivity index (χ1) is 15.1. The van der Waals surface area contributed by atoms with Gasteiger partial charge in [-0.1, -0.05) is 46.7 Å². The summed E-state index contributed by atoms with van der Waals surface area (Å²) in [5, 5.41) is 7.63. The van der Waals surface area contributed by atoms with Gasteiger partial charge in [-0.3, -0.25) is 0 Å². The molecule has 0 heterocycles. The van der Waals surface area contributed by atoms with Crippen LogP contribution in [-0.2, 0) is 32.0 Å². The molecule has 0 fully saturated rings. The van der Waals surface area contributed by atoms with Crippen LogP contribution in [0.25, 0.3) is 4.85 Å². The third kappa shape index (κ3) is 5.63. The summed E-state index contributed by atoms with van der Waals surface area (Å²) < 4.78 is 44.3. The van der Waals surface area contributed by atoms with E-state index in [1.165, 1.54) is 27.2 Å². The van der Waals surface area contributed by atoms with Crippen LogP contribution < -0.4 is 0 Å². The fraction of sp³-hybridized carbons (Fsp3) is 0.273. The van der Waals surface area contributed by atoms with Crippen LogP contribution >= 0.6 is 0 Å². The predicted molar refractivity (Wildman–Crippen MR) is 111 cm³/mol. The summed E-state index contributed by atoms with van der Waals surface area (Å²) in [6.45, 7) is 10.1. The lowest BCUT2D eigenvalue weighted by Crippen LogP contribution is -2.20. The molecule has 0 bridgehead atoms. The van der Waals surface area contributed by atoms with Gasteiger partial charge in [0.2, 0.25) is 0 Å². The van der Waals surface area contributed by atoms with E-state index in [-0.39, 0.29) is 23.6 Å². The maximum atomic E-state index is 13.2. The average molecular weight is 447 g/mol. The number of methoxy groups -OCH3 is 1. The molecule has 2 rings (SSSR count). The van der Waals surface area contributed by atoms with Gasteiger partial charge >= 0.3 is 12.1 Å². The van der Waals surface area contributed by atoms with Crippen LogP contribution in [0.4, 0.5) is 18.9 Å². The second-order valence-electron chi connectivity index (χ2n) is 6.51. The lowest BCUT2D eigenvalue weighted by Gasteiger charge is -2.13. The number of oxime groups is 2. The minimum atomic E-state index is -4.67. The maximum absolute atomic E-state index is 13.2. The molecule has 0 aliphatic heterocycles. The van der Waals surface area contributed by atoms with E-state index >= 15 is 0 Å². The summed E-state index contributed by atoms with van der Waals surface area (Å²) in [6.07, 6.45) is -4.67. The number of halogens is 3. The minimum absolute atomic E-state index is 0.0671. The van der Waals surface area contributed by atoms with Crippen LogP contribution in [0.1, 0.15) is 34.7 Å². The molecule has 0 aliphatic carbocycles. The van der Waals surface area contributed by atoms with Crippen molar-refractivity contribution < 1.29 is 32.4 Å². The molecule has 2 aromatic rings. The van der Waals surface area contributed by atoms with Gasteiger partial charge in [0, 0.05) is 11.1 Å². The van der Waals surface area contributed by atoms with E-state index in [9.17, 15) is 18.0 Å². The highest BCUT2D eigenvalue weighted by Gasteiger charge is 2.33. The first-order valence-corrected chi connectivity index (χ1v) is 9.18. The smallest absolute Gasteiger partial charge is 0.407 e. The molecule has 0 aromatic heterocycles. The molecule has 0 saturated heterocycles. The Kier molecular flexibility index (Phi) is 7.96. The molecular formula is C22H20F3N3O4. The molecule has 0 radical (unpaired) electrons. The highest BCUT2D eigenvalue weighted by Crippen LogP contribution is 2.37. The van der Waals surface area contributed by atoms with E-state index in [0.29, 0.717) is 11.1 Å². The quantitative estimate of drug-likeness (QED) is 0.258. The molecule has 0 amide bonds. The Labute approximate surface area is 182 Å². The van der Waals surface area contributed by atoms with Crippen molar-refractivity contribution in [1.29, 1.82) is 0 Å². The zero-order chi connectivity index (χ0) is 23.9. The number of aryl methyl sites for hydroxylation is 1. The molecule has 0 unspecified atom stereocenters. The van der Waals surface area contributed by atoms with Gasteiger partial charge in [0.25, 0.3) is 0 Å². The number of alkyl halides is 3. The largest absolute Gasteiger partial charge is 0.464 e. The third-order valence-corrected chi connectivity index (χ3v) is 4.48. The zero-order valence-corrected chi connectivity index (χ0v) is 17.8. The number of hydrogen-bond acceptors (Lipinski definition) is 6. The Morgan fingerprint density at radius 3 is 2.47 bits per heavy atom. The lowest BCUT2D eigenvalue weighted by molar-refractivity contribution is -0.137. The Morgan fingerprint density at radius 2 is 1.88 bits per heavy atom. The van der Waals surface area contributed by atoms with Crippen LogP contribution in [0.5, 0.6) is 0 Å². The maximum Gasteiger partial charge on any atom is 0.407 e. The van der Waals surface area contributed by atoms with Gasteiger partial charge in [0.05, 0.1) is 25.0 Å². The molecule has 0 atom stereocenters. The molecule has 168 valence electrons. The van der Waals surface area contributed by atoms with E-state index < -0.39 is 23.4 Å². The third-order valence-electron chi connectivity index (χ3n) is 4.48. The molecule has 7 nitrogen and oxygen atoms in total. The second-order valence-corrected chi connectivity index (χ2v) is 6.51. The van der Waals surface area contributed by atoms with Crippen molar-refractivity contribution >= 4 is 23.1 Å². The molecule has 32 heavy (non-hydrogen) atoms. The van der Waals surface area contributed by atoms with Crippen LogP contribution in [0, 0.1) is 13.5 Å². The average Bonchev–Trinajstić information content (AvgIpc) is 2.76. The molecule has 0 aliphatic rings. The van der Waals surface area contributed by atoms with Crippen molar-refractivity contribution in [2.75, 3.05) is 14.2 Å². The predicted octanol–water partition coefficient (Wildman–Crippen LogP) is 5.03. The van der Waals surface area contributed by atoms with E-state index in [0.717, 1.165) is 17.7 Å². The Balaban J connectivity index is 2.34. The fourth-order valence-electron chi connectivity index (χ4n) is 2.83. The Morgan fingerprint density at radius 1 is 1.16 bits per heavy atom. The van der Waals surface area contributed by atoms with Gasteiger partial charge in [-0.2, -0.15) is 13.2 Å². The van der Waals surface area contributed by atoms with Crippen molar-refractivity contribution in [2.45, 2.75) is 26.6 Å². The van der Waals surface area contributed by atoms with Crippen molar-refractivity contribution in [1.82, 2.24) is 0 Å². The van der Waals surface area contributed by atoms with Crippen LogP contribution in [-0.4, -0.2) is 31.6 Å². The van der Waals surface area contributed by atoms with Crippen molar-refractivity contribution in [2.24, 2.45) is 10.3 Å². The summed E-state index contributed by atoms with van der Waals surface area (Å²) in [5.41, 5.74) is 0.488. The summed E-state index contributed by atoms with van der Waals surface area (Å²) in [5.74, 6) is -0.710.